The first kappa shape index (κ1) is 17.0. The molecule has 0 radical (unpaired) electrons. The summed E-state index contributed by atoms with van der Waals surface area (Å²) in [5.74, 6) is -0.272. The molecule has 2 aromatic rings. The summed E-state index contributed by atoms with van der Waals surface area (Å²) in [7, 11) is 0. The van der Waals surface area contributed by atoms with E-state index in [9.17, 15) is 14.9 Å². The Morgan fingerprint density at radius 3 is 2.68 bits per heavy atom. The minimum Gasteiger partial charge on any atom is -0.401 e. The third-order valence-electron chi connectivity index (χ3n) is 3.38. The summed E-state index contributed by atoms with van der Waals surface area (Å²) >= 11 is 1.23. The fourth-order valence-corrected chi connectivity index (χ4v) is 3.28. The van der Waals surface area contributed by atoms with Gasteiger partial charge in [-0.3, -0.25) is 19.8 Å². The van der Waals surface area contributed by atoms with Gasteiger partial charge in [0.15, 0.2) is 5.17 Å². The largest absolute Gasteiger partial charge is 0.433 e. The number of nitro groups is 1. The number of thioether (sulfide) groups is 1. The van der Waals surface area contributed by atoms with E-state index in [1.807, 2.05) is 37.3 Å². The van der Waals surface area contributed by atoms with Crippen molar-refractivity contribution in [2.45, 2.75) is 13.3 Å². The maximum atomic E-state index is 12.6. The fourth-order valence-electron chi connectivity index (χ4n) is 2.27. The van der Waals surface area contributed by atoms with Crippen molar-refractivity contribution in [3.05, 3.63) is 63.2 Å². The van der Waals surface area contributed by atoms with Crippen LogP contribution in [-0.2, 0) is 4.79 Å². The number of rotatable bonds is 5. The van der Waals surface area contributed by atoms with Crippen molar-refractivity contribution in [2.75, 3.05) is 6.54 Å². The summed E-state index contributed by atoms with van der Waals surface area (Å²) in [5.41, 5.74) is 0.758. The van der Waals surface area contributed by atoms with Crippen molar-refractivity contribution >= 4 is 40.5 Å². The topological polar surface area (TPSA) is 89.0 Å². The molecule has 0 atom stereocenters. The number of amidine groups is 1. The lowest BCUT2D eigenvalue weighted by Crippen LogP contribution is -2.29. The number of amides is 1. The summed E-state index contributed by atoms with van der Waals surface area (Å²) in [6.07, 6.45) is 2.30. The molecule has 128 valence electrons. The second kappa shape index (κ2) is 7.35. The molecular weight excluding hydrogens is 342 g/mol. The van der Waals surface area contributed by atoms with Gasteiger partial charge < -0.3 is 4.42 Å². The number of carbonyl (C=O) groups is 1. The predicted molar refractivity (Wildman–Crippen MR) is 96.5 cm³/mol. The van der Waals surface area contributed by atoms with Crippen molar-refractivity contribution < 1.29 is 14.1 Å². The normalized spacial score (nSPS) is 17.6. The van der Waals surface area contributed by atoms with E-state index >= 15 is 0 Å². The molecule has 1 aliphatic rings. The number of nitrogens with zero attached hydrogens (tertiary/aromatic N) is 3. The highest BCUT2D eigenvalue weighted by Crippen LogP contribution is 2.34. The molecule has 1 amide bonds. The molecule has 1 fully saturated rings. The SMILES string of the molecule is CCCN1C(=O)/C(=C\c2ccc([N+](=O)[O-])o2)SC1=Nc1ccccc1. The monoisotopic (exact) mass is 357 g/mol. The highest BCUT2D eigenvalue weighted by molar-refractivity contribution is 8.18. The molecule has 0 aliphatic carbocycles. The third-order valence-corrected chi connectivity index (χ3v) is 4.39. The molecule has 3 rings (SSSR count). The molecule has 8 heteroatoms. The number of benzene rings is 1. The van der Waals surface area contributed by atoms with Gasteiger partial charge >= 0.3 is 5.88 Å². The number of carbonyl (C=O) groups excluding carboxylic acids is 1. The van der Waals surface area contributed by atoms with Gasteiger partial charge in [-0.1, -0.05) is 25.1 Å². The Morgan fingerprint density at radius 1 is 1.28 bits per heavy atom. The van der Waals surface area contributed by atoms with Crippen molar-refractivity contribution in [3.8, 4) is 0 Å². The van der Waals surface area contributed by atoms with Crippen molar-refractivity contribution in [3.63, 3.8) is 0 Å². The zero-order chi connectivity index (χ0) is 17.8. The van der Waals surface area contributed by atoms with Crippen LogP contribution in [0.1, 0.15) is 19.1 Å². The maximum Gasteiger partial charge on any atom is 0.433 e. The predicted octanol–water partition coefficient (Wildman–Crippen LogP) is 4.20. The van der Waals surface area contributed by atoms with Crippen LogP contribution in [-0.4, -0.2) is 27.4 Å². The van der Waals surface area contributed by atoms with E-state index in [-0.39, 0.29) is 17.6 Å². The summed E-state index contributed by atoms with van der Waals surface area (Å²) in [6, 6.07) is 12.1. The Kier molecular flexibility index (Phi) is 4.99. The number of furan rings is 1. The molecule has 0 unspecified atom stereocenters. The Morgan fingerprint density at radius 2 is 2.04 bits per heavy atom. The van der Waals surface area contributed by atoms with E-state index in [0.717, 1.165) is 12.1 Å². The number of para-hydroxylation sites is 1. The lowest BCUT2D eigenvalue weighted by molar-refractivity contribution is -0.402. The van der Waals surface area contributed by atoms with E-state index in [2.05, 4.69) is 4.99 Å². The number of hydrogen-bond acceptors (Lipinski definition) is 6. The van der Waals surface area contributed by atoms with Crippen LogP contribution in [0.5, 0.6) is 0 Å². The Balaban J connectivity index is 1.91. The highest BCUT2D eigenvalue weighted by atomic mass is 32.2. The lowest BCUT2D eigenvalue weighted by Gasteiger charge is -2.13. The Hall–Kier alpha value is -2.87. The summed E-state index contributed by atoms with van der Waals surface area (Å²) in [6.45, 7) is 2.53. The Labute approximate surface area is 148 Å². The molecule has 1 aliphatic heterocycles. The first-order valence-electron chi connectivity index (χ1n) is 7.68. The van der Waals surface area contributed by atoms with Gasteiger partial charge in [-0.2, -0.15) is 0 Å². The molecule has 0 N–H and O–H groups in total. The van der Waals surface area contributed by atoms with Gasteiger partial charge in [0.1, 0.15) is 10.7 Å². The van der Waals surface area contributed by atoms with Gasteiger partial charge in [0.25, 0.3) is 5.91 Å². The molecular formula is C17H15N3O4S. The van der Waals surface area contributed by atoms with Gasteiger partial charge in [0.2, 0.25) is 0 Å². The van der Waals surface area contributed by atoms with Gasteiger partial charge in [-0.05, 0) is 36.4 Å². The van der Waals surface area contributed by atoms with Gasteiger partial charge in [0, 0.05) is 12.6 Å². The zero-order valence-corrected chi connectivity index (χ0v) is 14.2. The van der Waals surface area contributed by atoms with E-state index in [1.165, 1.54) is 30.0 Å². The standard InChI is InChI=1S/C17H15N3O4S/c1-2-10-19-16(21)14(11-13-8-9-15(24-13)20(22)23)25-17(19)18-12-6-4-3-5-7-12/h3-9,11H,2,10H2,1H3/b14-11+,18-17?. The van der Waals surface area contributed by atoms with Crippen LogP contribution in [0.4, 0.5) is 11.6 Å². The van der Waals surface area contributed by atoms with Crippen molar-refractivity contribution in [1.82, 2.24) is 4.90 Å². The molecule has 1 saturated heterocycles. The van der Waals surface area contributed by atoms with Crippen molar-refractivity contribution in [1.29, 1.82) is 0 Å². The van der Waals surface area contributed by atoms with Crippen LogP contribution in [0, 0.1) is 10.1 Å². The molecule has 1 aromatic heterocycles. The van der Waals surface area contributed by atoms with E-state index < -0.39 is 4.92 Å². The minimum absolute atomic E-state index is 0.180. The maximum absolute atomic E-state index is 12.6. The zero-order valence-electron chi connectivity index (χ0n) is 13.4. The summed E-state index contributed by atoms with van der Waals surface area (Å²) < 4.78 is 5.10. The summed E-state index contributed by atoms with van der Waals surface area (Å²) in [5, 5.41) is 11.3. The van der Waals surface area contributed by atoms with Crippen LogP contribution in [0.2, 0.25) is 0 Å². The Bertz CT molecular complexity index is 858. The van der Waals surface area contributed by atoms with Gasteiger partial charge in [0.05, 0.1) is 16.7 Å². The third kappa shape index (κ3) is 3.80. The van der Waals surface area contributed by atoms with E-state index in [1.54, 1.807) is 4.90 Å². The molecule has 0 bridgehead atoms. The lowest BCUT2D eigenvalue weighted by atomic mass is 10.3. The van der Waals surface area contributed by atoms with Crippen molar-refractivity contribution in [2.24, 2.45) is 4.99 Å². The van der Waals surface area contributed by atoms with Crippen LogP contribution in [0.3, 0.4) is 0 Å². The smallest absolute Gasteiger partial charge is 0.401 e. The molecule has 0 saturated carbocycles. The van der Waals surface area contributed by atoms with Crippen LogP contribution in [0.25, 0.3) is 6.08 Å². The molecule has 25 heavy (non-hydrogen) atoms. The van der Waals surface area contributed by atoms with E-state index in [0.29, 0.717) is 16.6 Å². The summed E-state index contributed by atoms with van der Waals surface area (Å²) in [4.78, 5) is 29.3. The first-order chi connectivity index (χ1) is 12.1. The van der Waals surface area contributed by atoms with Crippen LogP contribution in [0.15, 0.2) is 56.8 Å². The van der Waals surface area contributed by atoms with Gasteiger partial charge in [-0.25, -0.2) is 4.99 Å². The molecule has 2 heterocycles. The first-order valence-corrected chi connectivity index (χ1v) is 8.49. The minimum atomic E-state index is -0.614. The number of aliphatic imine (C=N–C) groups is 1. The average molecular weight is 357 g/mol. The highest BCUT2D eigenvalue weighted by Gasteiger charge is 2.33. The van der Waals surface area contributed by atoms with Crippen LogP contribution >= 0.6 is 11.8 Å². The molecule has 7 nitrogen and oxygen atoms in total. The molecule has 1 aromatic carbocycles. The quantitative estimate of drug-likeness (QED) is 0.454. The number of hydrogen-bond donors (Lipinski definition) is 0. The van der Waals surface area contributed by atoms with E-state index in [4.69, 9.17) is 4.42 Å². The fraction of sp³-hybridized carbons (Fsp3) is 0.176. The second-order valence-corrected chi connectivity index (χ2v) is 6.24. The van der Waals surface area contributed by atoms with Crippen LogP contribution < -0.4 is 0 Å². The average Bonchev–Trinajstić information content (AvgIpc) is 3.17. The second-order valence-electron chi connectivity index (χ2n) is 5.23. The molecule has 0 spiro atoms. The van der Waals surface area contributed by atoms with Gasteiger partial charge in [-0.15, -0.1) is 0 Å².